The molecule has 1 saturated heterocycles. The average molecular weight is 1020 g/mol. The molecule has 0 aliphatic carbocycles. The number of nitrogens with zero attached hydrogens (tertiary/aromatic N) is 5. The smallest absolute Gasteiger partial charge is 0.407 e. The first-order chi connectivity index (χ1) is 35.4. The zero-order chi connectivity index (χ0) is 53.3. The molecule has 400 valence electrons. The zero-order valence-corrected chi connectivity index (χ0v) is 44.8. The van der Waals surface area contributed by atoms with Gasteiger partial charge in [0.2, 0.25) is 5.91 Å². The molecule has 19 heteroatoms. The van der Waals surface area contributed by atoms with E-state index in [2.05, 4.69) is 34.0 Å². The molecular formula is C55H74N8O11. The number of carbonyl (C=O) groups excluding carboxylic acids is 5. The highest BCUT2D eigenvalue weighted by Gasteiger charge is 2.41. The highest BCUT2D eigenvalue weighted by Crippen LogP contribution is 2.45. The third kappa shape index (κ3) is 13.2. The van der Waals surface area contributed by atoms with E-state index in [1.165, 1.54) is 11.0 Å². The van der Waals surface area contributed by atoms with Crippen molar-refractivity contribution in [2.45, 2.75) is 92.1 Å². The molecule has 5 aliphatic rings. The molecule has 2 atom stereocenters. The number of rotatable bonds is 21. The van der Waals surface area contributed by atoms with Crippen LogP contribution in [0.25, 0.3) is 33.3 Å². The van der Waals surface area contributed by atoms with Crippen LogP contribution >= 0.6 is 0 Å². The van der Waals surface area contributed by atoms with Crippen molar-refractivity contribution >= 4 is 63.1 Å². The van der Waals surface area contributed by atoms with Gasteiger partial charge >= 0.3 is 12.1 Å². The number of hydrogen-bond acceptors (Lipinski definition) is 14. The van der Waals surface area contributed by atoms with Gasteiger partial charge < -0.3 is 48.6 Å². The lowest BCUT2D eigenvalue weighted by Gasteiger charge is -2.31. The summed E-state index contributed by atoms with van der Waals surface area (Å²) in [4.78, 5) is 92.1. The quantitative estimate of drug-likeness (QED) is 0.0498. The van der Waals surface area contributed by atoms with E-state index >= 15 is 4.79 Å². The third-order valence-electron chi connectivity index (χ3n) is 14.0. The van der Waals surface area contributed by atoms with Crippen LogP contribution in [0.1, 0.15) is 140 Å². The summed E-state index contributed by atoms with van der Waals surface area (Å²) in [5, 5.41) is 2.72. The number of alkyl carbamates (subject to hydrolysis) is 1. The Kier molecular flexibility index (Phi) is 18.6. The number of aromatic nitrogens is 4. The molecule has 0 aromatic carbocycles. The number of carbonyl (C=O) groups is 5. The van der Waals surface area contributed by atoms with Crippen molar-refractivity contribution in [3.05, 3.63) is 81.2 Å². The van der Waals surface area contributed by atoms with E-state index in [1.54, 1.807) is 45.9 Å². The van der Waals surface area contributed by atoms with Gasteiger partial charge in [-0.05, 0) is 101 Å². The second-order valence-electron chi connectivity index (χ2n) is 20.1. The Morgan fingerprint density at radius 1 is 0.878 bits per heavy atom. The number of ether oxygens (including phenoxy) is 6. The lowest BCUT2D eigenvalue weighted by atomic mass is 9.84. The summed E-state index contributed by atoms with van der Waals surface area (Å²) in [5.41, 5.74) is 9.35. The van der Waals surface area contributed by atoms with Crippen LogP contribution in [-0.4, -0.2) is 176 Å². The molecule has 2 aromatic heterocycles. The zero-order valence-electron chi connectivity index (χ0n) is 44.8. The molecule has 19 nitrogen and oxygen atoms in total. The van der Waals surface area contributed by atoms with Crippen molar-refractivity contribution in [3.8, 4) is 0 Å². The van der Waals surface area contributed by atoms with E-state index in [4.69, 9.17) is 38.4 Å². The molecule has 7 heterocycles. The summed E-state index contributed by atoms with van der Waals surface area (Å²) in [5.74, 6) is -2.14. The number of morpholine rings is 1. The number of fused-ring (bicyclic) bond motifs is 8. The maximum absolute atomic E-state index is 15.3. The van der Waals surface area contributed by atoms with Crippen LogP contribution in [-0.2, 0) is 38.0 Å². The lowest BCUT2D eigenvalue weighted by Crippen LogP contribution is -2.47. The van der Waals surface area contributed by atoms with Crippen LogP contribution in [0.2, 0.25) is 0 Å². The first-order valence-electron chi connectivity index (χ1n) is 25.8. The monoisotopic (exact) mass is 1020 g/mol. The third-order valence-corrected chi connectivity index (χ3v) is 14.0. The summed E-state index contributed by atoms with van der Waals surface area (Å²) in [6, 6.07) is 5.85. The molecule has 2 aromatic rings. The highest BCUT2D eigenvalue weighted by molar-refractivity contribution is 6.23. The van der Waals surface area contributed by atoms with Gasteiger partial charge in [-0.1, -0.05) is 13.8 Å². The number of amides is 4. The molecule has 3 N–H and O–H groups in total. The molecule has 0 spiro atoms. The molecular weight excluding hydrogens is 949 g/mol. The second-order valence-corrected chi connectivity index (χ2v) is 20.1. The fourth-order valence-corrected chi connectivity index (χ4v) is 9.75. The number of imide groups is 1. The van der Waals surface area contributed by atoms with Crippen molar-refractivity contribution in [2.75, 3.05) is 106 Å². The average Bonchev–Trinajstić information content (AvgIpc) is 4.04. The van der Waals surface area contributed by atoms with E-state index in [0.29, 0.717) is 134 Å². The number of H-pyrrole nitrogens is 2. The molecule has 0 radical (unpaired) electrons. The largest absolute Gasteiger partial charge is 0.460 e. The van der Waals surface area contributed by atoms with Crippen LogP contribution < -0.4 is 5.32 Å². The minimum atomic E-state index is -0.661. The Hall–Kier alpha value is -6.25. The molecule has 1 fully saturated rings. The Morgan fingerprint density at radius 3 is 2.26 bits per heavy atom. The highest BCUT2D eigenvalue weighted by atomic mass is 16.6. The normalized spacial score (nSPS) is 17.6. The van der Waals surface area contributed by atoms with Crippen molar-refractivity contribution in [1.29, 1.82) is 0 Å². The summed E-state index contributed by atoms with van der Waals surface area (Å²) < 4.78 is 32.4. The number of aryl methyl sites for hydroxylation is 1. The van der Waals surface area contributed by atoms with Gasteiger partial charge in [-0.2, -0.15) is 0 Å². The standard InChI is InChI=1S/C55H74N8O11/c1-11-37-33(2)41-31-45-38(13-15-47(65)73-29-28-72-27-26-71-25-24-69-10)34(3)40(58-45)30-42-35(4)39(12-14-46(64)61(9)17-16-56-54(68)74-55(6,7)8)50(59-42)49-51-48(36(5)43(60-51)32-44(37)57-41)52(66)63(53(49)67)19-18-62-20-22-70-23-21-62/h13,15,30-32,35,39,59-60H,11-12,14,16-29H2,1-10H3,(H,56,68)/b15-13+,42-30?,44-32?,45-31?,50-49?/t35-,39-/m0/s1. The Balaban J connectivity index is 1.30. The van der Waals surface area contributed by atoms with Crippen molar-refractivity contribution in [3.63, 3.8) is 0 Å². The molecule has 0 saturated carbocycles. The van der Waals surface area contributed by atoms with E-state index in [0.717, 1.165) is 22.4 Å². The molecule has 74 heavy (non-hydrogen) atoms. The van der Waals surface area contributed by atoms with Crippen LogP contribution in [0.4, 0.5) is 4.79 Å². The number of likely N-dealkylation sites (N-methyl/N-ethyl adjacent to an activating group) is 1. The van der Waals surface area contributed by atoms with Crippen molar-refractivity contribution in [2.24, 2.45) is 0 Å². The summed E-state index contributed by atoms with van der Waals surface area (Å²) >= 11 is 0. The summed E-state index contributed by atoms with van der Waals surface area (Å²) in [6.07, 6.45) is 3.69. The van der Waals surface area contributed by atoms with Gasteiger partial charge in [-0.25, -0.2) is 19.6 Å². The fraction of sp³-hybridized carbons (Fsp3) is 0.545. The van der Waals surface area contributed by atoms with Crippen LogP contribution in [0.3, 0.4) is 0 Å². The number of nitrogens with one attached hydrogen (secondary N) is 3. The van der Waals surface area contributed by atoms with Crippen LogP contribution in [0, 0.1) is 6.92 Å². The fourth-order valence-electron chi connectivity index (χ4n) is 9.75. The first kappa shape index (κ1) is 55.5. The molecule has 8 bridgehead atoms. The Morgan fingerprint density at radius 2 is 1.55 bits per heavy atom. The molecule has 0 unspecified atom stereocenters. The second kappa shape index (κ2) is 24.9. The van der Waals surface area contributed by atoms with Gasteiger partial charge in [0.1, 0.15) is 12.2 Å². The van der Waals surface area contributed by atoms with Crippen molar-refractivity contribution < 1.29 is 52.4 Å². The lowest BCUT2D eigenvalue weighted by molar-refractivity contribution is -0.139. The van der Waals surface area contributed by atoms with Gasteiger partial charge in [-0.15, -0.1) is 0 Å². The topological polar surface area (TPSA) is 220 Å². The van der Waals surface area contributed by atoms with Gasteiger partial charge in [0.15, 0.2) is 0 Å². The number of allylic oxidation sites excluding steroid dienone is 5. The van der Waals surface area contributed by atoms with Gasteiger partial charge in [-0.3, -0.25) is 24.2 Å². The number of hydrogen-bond donors (Lipinski definition) is 3. The minimum absolute atomic E-state index is 0.0622. The van der Waals surface area contributed by atoms with E-state index < -0.39 is 23.6 Å². The van der Waals surface area contributed by atoms with E-state index in [9.17, 15) is 19.2 Å². The number of aromatic amines is 2. The SMILES string of the molecule is CCC1=C(C)c2cc3nc(cc4[nH]c(c5c6[nH]c(cc1n2)c(C)c6C(=O)N(CCN1CCOCC1)C5=O)[C@@H](CCC(=O)N(C)CCNC(=O)OC(C)(C)C)[C@@H]4C)C(C)=C3/C=C/C(=O)OCCOCCOCCOC. The van der Waals surface area contributed by atoms with Gasteiger partial charge in [0.25, 0.3) is 11.8 Å². The Labute approximate surface area is 433 Å². The van der Waals surface area contributed by atoms with Crippen molar-refractivity contribution in [1.82, 2.24) is 40.0 Å². The van der Waals surface area contributed by atoms with E-state index in [-0.39, 0.29) is 62.9 Å². The predicted molar refractivity (Wildman–Crippen MR) is 281 cm³/mol. The van der Waals surface area contributed by atoms with Crippen LogP contribution in [0.5, 0.6) is 0 Å². The minimum Gasteiger partial charge on any atom is -0.460 e. The maximum atomic E-state index is 15.3. The van der Waals surface area contributed by atoms with Crippen LogP contribution in [0.15, 0.2) is 30.4 Å². The van der Waals surface area contributed by atoms with Gasteiger partial charge in [0, 0.05) is 100 Å². The van der Waals surface area contributed by atoms with Gasteiger partial charge in [0.05, 0.1) is 85.7 Å². The summed E-state index contributed by atoms with van der Waals surface area (Å²) in [6.45, 7) is 21.0. The first-order valence-corrected chi connectivity index (χ1v) is 25.8. The van der Waals surface area contributed by atoms with E-state index in [1.807, 2.05) is 39.0 Å². The molecule has 7 rings (SSSR count). The number of esters is 1. The Bertz CT molecular complexity index is 2760. The maximum Gasteiger partial charge on any atom is 0.407 e. The summed E-state index contributed by atoms with van der Waals surface area (Å²) in [7, 11) is 3.30. The predicted octanol–water partition coefficient (Wildman–Crippen LogP) is 6.97. The molecule has 5 aliphatic heterocycles. The number of methoxy groups -OCH3 is 1. The molecule has 4 amide bonds.